The average molecular weight is 257 g/mol. The molecule has 1 aliphatic rings. The zero-order chi connectivity index (χ0) is 12.4. The molecule has 0 aromatic carbocycles. The van der Waals surface area contributed by atoms with Gasteiger partial charge in [-0.25, -0.2) is 4.98 Å². The molecule has 1 aromatic rings. The van der Waals surface area contributed by atoms with Crippen LogP contribution >= 0.6 is 11.6 Å². The van der Waals surface area contributed by atoms with E-state index in [-0.39, 0.29) is 0 Å². The molecule has 96 valence electrons. The van der Waals surface area contributed by atoms with Crippen LogP contribution in [0.1, 0.15) is 25.6 Å². The Labute approximate surface area is 108 Å². The lowest BCUT2D eigenvalue weighted by atomic mass is 9.99. The number of rotatable bonds is 3. The molecule has 2 heterocycles. The largest absolute Gasteiger partial charge is 0.321 e. The zero-order valence-electron chi connectivity index (χ0n) is 10.8. The normalized spacial score (nSPS) is 26.4. The lowest BCUT2D eigenvalue weighted by Crippen LogP contribution is -2.45. The first-order chi connectivity index (χ1) is 8.08. The molecular weight excluding hydrogens is 236 g/mol. The Kier molecular flexibility index (Phi) is 4.07. The summed E-state index contributed by atoms with van der Waals surface area (Å²) in [6.45, 7) is 4.25. The van der Waals surface area contributed by atoms with Crippen molar-refractivity contribution in [2.45, 2.75) is 38.4 Å². The third-order valence-electron chi connectivity index (χ3n) is 3.78. The maximum atomic E-state index is 5.96. The molecule has 0 saturated carbocycles. The summed E-state index contributed by atoms with van der Waals surface area (Å²) in [6, 6.07) is 1.25. The summed E-state index contributed by atoms with van der Waals surface area (Å²) in [5.74, 6) is 1.00. The van der Waals surface area contributed by atoms with Crippen molar-refractivity contribution in [2.75, 3.05) is 13.6 Å². The molecule has 1 aliphatic heterocycles. The van der Waals surface area contributed by atoms with Crippen LogP contribution in [0, 0.1) is 0 Å². The average Bonchev–Trinajstić information content (AvgIpc) is 2.62. The molecule has 0 aliphatic carbocycles. The van der Waals surface area contributed by atoms with Crippen molar-refractivity contribution >= 4 is 11.6 Å². The van der Waals surface area contributed by atoms with Gasteiger partial charge in [0.05, 0.1) is 12.7 Å². The third kappa shape index (κ3) is 3.00. The quantitative estimate of drug-likeness (QED) is 0.893. The summed E-state index contributed by atoms with van der Waals surface area (Å²) in [4.78, 5) is 6.70. The van der Waals surface area contributed by atoms with E-state index in [0.29, 0.717) is 17.2 Å². The van der Waals surface area contributed by atoms with Crippen molar-refractivity contribution in [2.24, 2.45) is 7.05 Å². The Balaban J connectivity index is 1.85. The number of hydrogen-bond donors (Lipinski definition) is 1. The highest BCUT2D eigenvalue weighted by atomic mass is 35.5. The van der Waals surface area contributed by atoms with Crippen molar-refractivity contribution in [1.29, 1.82) is 0 Å². The van der Waals surface area contributed by atoms with Crippen molar-refractivity contribution in [3.8, 4) is 0 Å². The van der Waals surface area contributed by atoms with Gasteiger partial charge in [0.15, 0.2) is 0 Å². The lowest BCUT2D eigenvalue weighted by Gasteiger charge is -2.35. The number of halogens is 1. The number of imidazole rings is 1. The van der Waals surface area contributed by atoms with Crippen LogP contribution in [0.3, 0.4) is 0 Å². The molecule has 17 heavy (non-hydrogen) atoms. The number of aromatic nitrogens is 2. The molecular formula is C12H21ClN4. The summed E-state index contributed by atoms with van der Waals surface area (Å²) in [7, 11) is 4.14. The van der Waals surface area contributed by atoms with Gasteiger partial charge >= 0.3 is 0 Å². The van der Waals surface area contributed by atoms with E-state index in [2.05, 4.69) is 29.2 Å². The second kappa shape index (κ2) is 5.38. The summed E-state index contributed by atoms with van der Waals surface area (Å²) < 4.78 is 1.92. The second-order valence-electron chi connectivity index (χ2n) is 4.99. The highest BCUT2D eigenvalue weighted by molar-refractivity contribution is 6.29. The van der Waals surface area contributed by atoms with E-state index in [9.17, 15) is 0 Å². The molecule has 2 atom stereocenters. The van der Waals surface area contributed by atoms with E-state index < -0.39 is 0 Å². The first kappa shape index (κ1) is 12.9. The number of hydrogen-bond acceptors (Lipinski definition) is 3. The van der Waals surface area contributed by atoms with Gasteiger partial charge in [0, 0.05) is 19.1 Å². The Morgan fingerprint density at radius 3 is 2.88 bits per heavy atom. The van der Waals surface area contributed by atoms with E-state index in [1.807, 2.05) is 11.6 Å². The fourth-order valence-corrected chi connectivity index (χ4v) is 2.45. The predicted molar refractivity (Wildman–Crippen MR) is 70.2 cm³/mol. The number of nitrogens with one attached hydrogen (secondary N) is 1. The molecule has 4 nitrogen and oxygen atoms in total. The first-order valence-electron chi connectivity index (χ1n) is 6.17. The molecule has 1 saturated heterocycles. The van der Waals surface area contributed by atoms with E-state index in [1.165, 1.54) is 19.4 Å². The van der Waals surface area contributed by atoms with Gasteiger partial charge in [-0.1, -0.05) is 11.6 Å². The van der Waals surface area contributed by atoms with Gasteiger partial charge in [-0.05, 0) is 33.4 Å². The van der Waals surface area contributed by atoms with Crippen molar-refractivity contribution in [1.82, 2.24) is 19.8 Å². The molecule has 2 rings (SSSR count). The molecule has 2 unspecified atom stereocenters. The predicted octanol–water partition coefficient (Wildman–Crippen LogP) is 1.65. The molecule has 1 N–H and O–H groups in total. The molecule has 0 amide bonds. The summed E-state index contributed by atoms with van der Waals surface area (Å²) in [6.07, 6.45) is 4.11. The van der Waals surface area contributed by atoms with E-state index in [0.717, 1.165) is 12.4 Å². The van der Waals surface area contributed by atoms with Gasteiger partial charge < -0.3 is 14.8 Å². The fourth-order valence-electron chi connectivity index (χ4n) is 2.30. The molecule has 0 radical (unpaired) electrons. The topological polar surface area (TPSA) is 33.1 Å². The summed E-state index contributed by atoms with van der Waals surface area (Å²) in [5, 5.41) is 4.27. The Morgan fingerprint density at radius 2 is 2.29 bits per heavy atom. The molecule has 1 aromatic heterocycles. The molecule has 0 spiro atoms. The zero-order valence-corrected chi connectivity index (χ0v) is 11.5. The van der Waals surface area contributed by atoms with Gasteiger partial charge in [-0.15, -0.1) is 0 Å². The minimum atomic E-state index is 0.594. The highest BCUT2D eigenvalue weighted by Gasteiger charge is 2.22. The molecule has 5 heteroatoms. The van der Waals surface area contributed by atoms with E-state index in [4.69, 9.17) is 11.6 Å². The minimum absolute atomic E-state index is 0.594. The third-order valence-corrected chi connectivity index (χ3v) is 4.14. The Hall–Kier alpha value is -0.580. The number of nitrogens with zero attached hydrogens (tertiary/aromatic N) is 3. The van der Waals surface area contributed by atoms with Gasteiger partial charge in [0.25, 0.3) is 0 Å². The van der Waals surface area contributed by atoms with Crippen LogP contribution in [0.25, 0.3) is 0 Å². The van der Waals surface area contributed by atoms with Gasteiger partial charge in [0.2, 0.25) is 0 Å². The summed E-state index contributed by atoms with van der Waals surface area (Å²) in [5.41, 5.74) is 0. The highest BCUT2D eigenvalue weighted by Crippen LogP contribution is 2.16. The van der Waals surface area contributed by atoms with Crippen LogP contribution < -0.4 is 5.32 Å². The maximum absolute atomic E-state index is 5.96. The lowest BCUT2D eigenvalue weighted by molar-refractivity contribution is 0.167. The van der Waals surface area contributed by atoms with Crippen molar-refractivity contribution in [3.05, 3.63) is 17.2 Å². The van der Waals surface area contributed by atoms with Gasteiger partial charge in [0.1, 0.15) is 11.0 Å². The van der Waals surface area contributed by atoms with Gasteiger partial charge in [-0.3, -0.25) is 0 Å². The van der Waals surface area contributed by atoms with Crippen LogP contribution in [0.5, 0.6) is 0 Å². The fraction of sp³-hybridized carbons (Fsp3) is 0.750. The van der Waals surface area contributed by atoms with Crippen LogP contribution in [0.15, 0.2) is 6.20 Å². The standard InChI is InChI=1S/C12H21ClN4/c1-9-6-10(4-5-16(9)2)14-8-12-15-7-11(13)17(12)3/h7,9-10,14H,4-6,8H2,1-3H3. The molecule has 0 bridgehead atoms. The maximum Gasteiger partial charge on any atom is 0.128 e. The molecule has 1 fully saturated rings. The first-order valence-corrected chi connectivity index (χ1v) is 6.55. The van der Waals surface area contributed by atoms with Gasteiger partial charge in [-0.2, -0.15) is 0 Å². The van der Waals surface area contributed by atoms with Crippen molar-refractivity contribution < 1.29 is 0 Å². The number of likely N-dealkylation sites (tertiary alicyclic amines) is 1. The van der Waals surface area contributed by atoms with Crippen LogP contribution in [-0.4, -0.2) is 40.1 Å². The summed E-state index contributed by atoms with van der Waals surface area (Å²) >= 11 is 5.96. The smallest absolute Gasteiger partial charge is 0.128 e. The number of piperidine rings is 1. The minimum Gasteiger partial charge on any atom is -0.321 e. The van der Waals surface area contributed by atoms with Crippen LogP contribution in [0.2, 0.25) is 5.15 Å². The Morgan fingerprint density at radius 1 is 1.53 bits per heavy atom. The van der Waals surface area contributed by atoms with Crippen molar-refractivity contribution in [3.63, 3.8) is 0 Å². The van der Waals surface area contributed by atoms with E-state index in [1.54, 1.807) is 6.20 Å². The Bertz CT molecular complexity index is 377. The van der Waals surface area contributed by atoms with E-state index >= 15 is 0 Å². The van der Waals surface area contributed by atoms with Crippen LogP contribution in [0.4, 0.5) is 0 Å². The second-order valence-corrected chi connectivity index (χ2v) is 5.38. The monoisotopic (exact) mass is 256 g/mol. The van der Waals surface area contributed by atoms with Crippen LogP contribution in [-0.2, 0) is 13.6 Å². The SMILES string of the molecule is CC1CC(NCc2ncc(Cl)n2C)CCN1C.